The van der Waals surface area contributed by atoms with Crippen LogP contribution in [0.2, 0.25) is 0 Å². The van der Waals surface area contributed by atoms with Gasteiger partial charge in [0, 0.05) is 11.9 Å². The molecular formula is C29H32N6O3. The van der Waals surface area contributed by atoms with Gasteiger partial charge in [-0.25, -0.2) is 9.97 Å². The lowest BCUT2D eigenvalue weighted by Gasteiger charge is -2.35. The number of pyridine rings is 2. The third-order valence-electron chi connectivity index (χ3n) is 7.48. The number of anilines is 2. The fourth-order valence-corrected chi connectivity index (χ4v) is 5.21. The summed E-state index contributed by atoms with van der Waals surface area (Å²) in [5, 5.41) is 4.59. The van der Waals surface area contributed by atoms with Crippen LogP contribution in [0.1, 0.15) is 43.7 Å². The number of hydrogen-bond donors (Lipinski definition) is 2. The lowest BCUT2D eigenvalue weighted by molar-refractivity contribution is -0.122. The van der Waals surface area contributed by atoms with Crippen LogP contribution in [0.4, 0.5) is 11.5 Å². The van der Waals surface area contributed by atoms with Gasteiger partial charge in [0.25, 0.3) is 5.56 Å². The second-order valence-electron chi connectivity index (χ2n) is 9.87. The van der Waals surface area contributed by atoms with Crippen LogP contribution in [0, 0.1) is 6.92 Å². The molecule has 5 rings (SSSR count). The van der Waals surface area contributed by atoms with E-state index in [2.05, 4.69) is 44.2 Å². The number of H-pyrrole nitrogens is 1. The molecule has 0 radical (unpaired) electrons. The zero-order valence-corrected chi connectivity index (χ0v) is 22.1. The molecule has 1 aromatic carbocycles. The highest BCUT2D eigenvalue weighted by Crippen LogP contribution is 2.33. The first-order chi connectivity index (χ1) is 18.3. The third kappa shape index (κ3) is 5.15. The molecule has 0 amide bonds. The van der Waals surface area contributed by atoms with Crippen LogP contribution in [0.25, 0.3) is 22.2 Å². The first-order valence-corrected chi connectivity index (χ1v) is 12.8. The number of ketones is 1. The number of aromatic amines is 1. The molecule has 1 fully saturated rings. The number of carbonyl (C=O) groups is 1. The van der Waals surface area contributed by atoms with Gasteiger partial charge in [0.1, 0.15) is 17.3 Å². The number of aryl methyl sites for hydroxylation is 1. The van der Waals surface area contributed by atoms with Crippen LogP contribution < -0.4 is 15.6 Å². The summed E-state index contributed by atoms with van der Waals surface area (Å²) < 4.78 is 5.22. The van der Waals surface area contributed by atoms with Crippen molar-refractivity contribution in [1.82, 2.24) is 24.8 Å². The minimum Gasteiger partial charge on any atom is -0.480 e. The molecule has 9 heteroatoms. The van der Waals surface area contributed by atoms with Gasteiger partial charge < -0.3 is 15.0 Å². The predicted molar refractivity (Wildman–Crippen MR) is 148 cm³/mol. The summed E-state index contributed by atoms with van der Waals surface area (Å²) in [4.78, 5) is 43.0. The quantitative estimate of drug-likeness (QED) is 0.369. The van der Waals surface area contributed by atoms with E-state index in [9.17, 15) is 9.59 Å². The number of aromatic nitrogens is 4. The number of ether oxygens (including phenoxy) is 1. The molecule has 9 nitrogen and oxygen atoms in total. The smallest absolute Gasteiger partial charge is 0.259 e. The molecule has 4 aromatic rings. The number of methoxy groups -OCH3 is 1. The molecule has 1 unspecified atom stereocenters. The Morgan fingerprint density at radius 1 is 1.13 bits per heavy atom. The van der Waals surface area contributed by atoms with Crippen LogP contribution >= 0.6 is 0 Å². The van der Waals surface area contributed by atoms with Gasteiger partial charge in [-0.15, -0.1) is 0 Å². The third-order valence-corrected chi connectivity index (χ3v) is 7.48. The molecule has 0 aliphatic carbocycles. The maximum absolute atomic E-state index is 12.8. The summed E-state index contributed by atoms with van der Waals surface area (Å²) in [7, 11) is 1.54. The summed E-state index contributed by atoms with van der Waals surface area (Å²) in [5.74, 6) is 1.51. The number of carbonyl (C=O) groups excluding carboxylic acids is 1. The average Bonchev–Trinajstić information content (AvgIpc) is 2.92. The molecule has 38 heavy (non-hydrogen) atoms. The molecule has 1 aliphatic heterocycles. The van der Waals surface area contributed by atoms with Gasteiger partial charge in [-0.3, -0.25) is 19.5 Å². The number of likely N-dealkylation sites (tertiary alicyclic amines) is 1. The molecule has 2 N–H and O–H groups in total. The van der Waals surface area contributed by atoms with Crippen LogP contribution in [0.5, 0.6) is 5.88 Å². The molecule has 196 valence electrons. The van der Waals surface area contributed by atoms with Crippen molar-refractivity contribution in [1.29, 1.82) is 0 Å². The Kier molecular flexibility index (Phi) is 7.20. The highest BCUT2D eigenvalue weighted by atomic mass is 16.5. The van der Waals surface area contributed by atoms with Crippen LogP contribution in [0.3, 0.4) is 0 Å². The van der Waals surface area contributed by atoms with Crippen molar-refractivity contribution in [3.05, 3.63) is 70.4 Å². The van der Waals surface area contributed by atoms with E-state index in [1.165, 1.54) is 24.4 Å². The van der Waals surface area contributed by atoms with Crippen molar-refractivity contribution in [3.8, 4) is 17.3 Å². The van der Waals surface area contributed by atoms with E-state index >= 15 is 0 Å². The van der Waals surface area contributed by atoms with E-state index in [4.69, 9.17) is 9.72 Å². The van der Waals surface area contributed by atoms with Gasteiger partial charge in [0.05, 0.1) is 36.6 Å². The van der Waals surface area contributed by atoms with Crippen molar-refractivity contribution in [2.45, 2.75) is 45.6 Å². The minimum atomic E-state index is -0.222. The fourth-order valence-electron chi connectivity index (χ4n) is 5.21. The van der Waals surface area contributed by atoms with Gasteiger partial charge in [-0.05, 0) is 93.4 Å². The van der Waals surface area contributed by atoms with Crippen molar-refractivity contribution in [2.24, 2.45) is 0 Å². The molecule has 0 bridgehead atoms. The lowest BCUT2D eigenvalue weighted by Crippen LogP contribution is -2.42. The number of nitrogens with zero attached hydrogens (tertiary/aromatic N) is 4. The summed E-state index contributed by atoms with van der Waals surface area (Å²) in [6.45, 7) is 7.62. The molecule has 0 saturated carbocycles. The van der Waals surface area contributed by atoms with E-state index < -0.39 is 0 Å². The standard InChI is InChI=1S/C29H32N6O3/c1-17-13-22(5-6-23(17)20-8-11-35(12-9-20)18(2)19(3)36)32-28-27-21(7-10-31-29(27)37)14-24(34-28)25-15-30-16-26(33-25)38-4/h5-7,10,13-16,18,20H,8-9,11-12H2,1-4H3,(H,31,37)(H,32,34). The zero-order chi connectivity index (χ0) is 26.8. The van der Waals surface area contributed by atoms with E-state index in [0.29, 0.717) is 34.4 Å². The minimum absolute atomic E-state index is 0.0205. The van der Waals surface area contributed by atoms with E-state index in [1.807, 2.05) is 25.1 Å². The first-order valence-electron chi connectivity index (χ1n) is 12.8. The van der Waals surface area contributed by atoms with Crippen molar-refractivity contribution >= 4 is 28.1 Å². The Hall–Kier alpha value is -4.11. The molecular weight excluding hydrogens is 480 g/mol. The Bertz CT molecular complexity index is 1540. The Labute approximate surface area is 221 Å². The van der Waals surface area contributed by atoms with Gasteiger partial charge in [0.2, 0.25) is 5.88 Å². The second-order valence-corrected chi connectivity index (χ2v) is 9.87. The normalized spacial score (nSPS) is 15.4. The summed E-state index contributed by atoms with van der Waals surface area (Å²) in [5.41, 5.74) is 4.26. The highest BCUT2D eigenvalue weighted by Gasteiger charge is 2.26. The van der Waals surface area contributed by atoms with Gasteiger partial charge in [-0.2, -0.15) is 0 Å². The van der Waals surface area contributed by atoms with Gasteiger partial charge in [-0.1, -0.05) is 6.07 Å². The van der Waals surface area contributed by atoms with Crippen LogP contribution in [0.15, 0.2) is 53.7 Å². The van der Waals surface area contributed by atoms with E-state index in [-0.39, 0.29) is 17.4 Å². The van der Waals surface area contributed by atoms with Crippen molar-refractivity contribution < 1.29 is 9.53 Å². The van der Waals surface area contributed by atoms with Crippen molar-refractivity contribution in [3.63, 3.8) is 0 Å². The Morgan fingerprint density at radius 2 is 1.92 bits per heavy atom. The van der Waals surface area contributed by atoms with E-state index in [1.54, 1.807) is 19.3 Å². The summed E-state index contributed by atoms with van der Waals surface area (Å²) >= 11 is 0. The molecule has 1 saturated heterocycles. The highest BCUT2D eigenvalue weighted by molar-refractivity contribution is 5.95. The molecule has 1 aliphatic rings. The van der Waals surface area contributed by atoms with Crippen LogP contribution in [-0.2, 0) is 4.79 Å². The number of benzene rings is 1. The second kappa shape index (κ2) is 10.7. The van der Waals surface area contributed by atoms with Gasteiger partial charge >= 0.3 is 0 Å². The molecule has 4 heterocycles. The number of Topliss-reactive ketones (excluding diaryl/α,β-unsaturated/α-hetero) is 1. The SMILES string of the molecule is COc1cncc(-c2cc3cc[nH]c(=O)c3c(Nc3ccc(C4CCN(C(C)C(C)=O)CC4)c(C)c3)n2)n1. The fraction of sp³-hybridized carbons (Fsp3) is 0.345. The van der Waals surface area contributed by atoms with Gasteiger partial charge in [0.15, 0.2) is 0 Å². The number of rotatable bonds is 7. The maximum Gasteiger partial charge on any atom is 0.259 e. The Balaban J connectivity index is 1.43. The van der Waals surface area contributed by atoms with Crippen molar-refractivity contribution in [2.75, 3.05) is 25.5 Å². The molecule has 1 atom stereocenters. The number of hydrogen-bond acceptors (Lipinski definition) is 8. The Morgan fingerprint density at radius 3 is 2.63 bits per heavy atom. The van der Waals surface area contributed by atoms with E-state index in [0.717, 1.165) is 37.0 Å². The number of fused-ring (bicyclic) bond motifs is 1. The maximum atomic E-state index is 12.8. The average molecular weight is 513 g/mol. The largest absolute Gasteiger partial charge is 0.480 e. The monoisotopic (exact) mass is 512 g/mol. The topological polar surface area (TPSA) is 113 Å². The van der Waals surface area contributed by atoms with Crippen LogP contribution in [-0.4, -0.2) is 56.9 Å². The number of nitrogens with one attached hydrogen (secondary N) is 2. The molecule has 3 aromatic heterocycles. The predicted octanol–water partition coefficient (Wildman–Crippen LogP) is 4.60. The summed E-state index contributed by atoms with van der Waals surface area (Å²) in [6.07, 6.45) is 6.82. The molecule has 0 spiro atoms. The lowest BCUT2D eigenvalue weighted by atomic mass is 9.86. The first kappa shape index (κ1) is 25.5. The number of piperidine rings is 1. The summed E-state index contributed by atoms with van der Waals surface area (Å²) in [6, 6.07) is 9.95. The zero-order valence-electron chi connectivity index (χ0n) is 22.1.